The SMILES string of the molecule is Cc1sc2nc(CCC(=O)NCc3cc(F)ccc3Br)[nH]c(=O)c2c1C. The van der Waals surface area contributed by atoms with Crippen LogP contribution in [-0.2, 0) is 17.8 Å². The quantitative estimate of drug-likeness (QED) is 0.637. The van der Waals surface area contributed by atoms with Gasteiger partial charge in [-0.25, -0.2) is 9.37 Å². The van der Waals surface area contributed by atoms with Crippen molar-refractivity contribution in [2.75, 3.05) is 0 Å². The van der Waals surface area contributed by atoms with Gasteiger partial charge in [0.2, 0.25) is 5.91 Å². The minimum Gasteiger partial charge on any atom is -0.352 e. The molecule has 136 valence electrons. The summed E-state index contributed by atoms with van der Waals surface area (Å²) in [6.45, 7) is 4.09. The van der Waals surface area contributed by atoms with Gasteiger partial charge in [0, 0.05) is 28.7 Å². The number of carbonyl (C=O) groups excluding carboxylic acids is 1. The molecule has 0 aliphatic heterocycles. The highest BCUT2D eigenvalue weighted by molar-refractivity contribution is 9.10. The number of aromatic nitrogens is 2. The molecule has 2 aromatic heterocycles. The fourth-order valence-corrected chi connectivity index (χ4v) is 4.05. The molecule has 2 heterocycles. The van der Waals surface area contributed by atoms with Crippen molar-refractivity contribution in [2.45, 2.75) is 33.2 Å². The van der Waals surface area contributed by atoms with Gasteiger partial charge in [0.05, 0.1) is 5.39 Å². The Morgan fingerprint density at radius 1 is 1.38 bits per heavy atom. The summed E-state index contributed by atoms with van der Waals surface area (Å²) in [5.41, 5.74) is 1.44. The first-order chi connectivity index (χ1) is 12.3. The van der Waals surface area contributed by atoms with E-state index in [1.807, 2.05) is 13.8 Å². The van der Waals surface area contributed by atoms with Crippen LogP contribution in [0.1, 0.15) is 28.2 Å². The second kappa shape index (κ2) is 7.67. The van der Waals surface area contributed by atoms with E-state index in [1.54, 1.807) is 6.07 Å². The highest BCUT2D eigenvalue weighted by atomic mass is 79.9. The average molecular weight is 438 g/mol. The molecule has 2 N–H and O–H groups in total. The zero-order valence-electron chi connectivity index (χ0n) is 14.3. The second-order valence-corrected chi connectivity index (χ2v) is 8.05. The Balaban J connectivity index is 1.63. The van der Waals surface area contributed by atoms with Gasteiger partial charge in [-0.3, -0.25) is 9.59 Å². The molecule has 0 aliphatic carbocycles. The minimum absolute atomic E-state index is 0.170. The summed E-state index contributed by atoms with van der Waals surface area (Å²) in [5, 5.41) is 3.37. The van der Waals surface area contributed by atoms with E-state index in [1.165, 1.54) is 23.5 Å². The first kappa shape index (κ1) is 18.7. The maximum atomic E-state index is 13.3. The highest BCUT2D eigenvalue weighted by Gasteiger charge is 2.13. The van der Waals surface area contributed by atoms with Gasteiger partial charge >= 0.3 is 0 Å². The number of nitrogens with zero attached hydrogens (tertiary/aromatic N) is 1. The van der Waals surface area contributed by atoms with Crippen molar-refractivity contribution < 1.29 is 9.18 Å². The van der Waals surface area contributed by atoms with Gasteiger partial charge in [-0.1, -0.05) is 15.9 Å². The molecule has 0 bridgehead atoms. The number of fused-ring (bicyclic) bond motifs is 1. The molecule has 1 amide bonds. The van der Waals surface area contributed by atoms with Crippen LogP contribution < -0.4 is 10.9 Å². The van der Waals surface area contributed by atoms with E-state index >= 15 is 0 Å². The molecule has 0 spiro atoms. The number of thiophene rings is 1. The summed E-state index contributed by atoms with van der Waals surface area (Å²) in [4.78, 5) is 33.3. The maximum absolute atomic E-state index is 13.3. The molecule has 3 rings (SSSR count). The molecule has 0 saturated heterocycles. The third-order valence-corrected chi connectivity index (χ3v) is 6.04. The molecular formula is C18H17BrFN3O2S. The second-order valence-electron chi connectivity index (χ2n) is 5.99. The van der Waals surface area contributed by atoms with Crippen molar-refractivity contribution in [2.24, 2.45) is 0 Å². The Kier molecular flexibility index (Phi) is 5.52. The zero-order valence-corrected chi connectivity index (χ0v) is 16.7. The molecule has 0 atom stereocenters. The lowest BCUT2D eigenvalue weighted by Crippen LogP contribution is -2.24. The van der Waals surface area contributed by atoms with E-state index < -0.39 is 0 Å². The predicted molar refractivity (Wildman–Crippen MR) is 104 cm³/mol. The molecule has 0 unspecified atom stereocenters. The maximum Gasteiger partial charge on any atom is 0.259 e. The average Bonchev–Trinajstić information content (AvgIpc) is 2.88. The smallest absolute Gasteiger partial charge is 0.259 e. The number of amides is 1. The monoisotopic (exact) mass is 437 g/mol. The van der Waals surface area contributed by atoms with E-state index in [9.17, 15) is 14.0 Å². The normalized spacial score (nSPS) is 11.1. The molecule has 1 aromatic carbocycles. The van der Waals surface area contributed by atoms with E-state index in [4.69, 9.17) is 0 Å². The molecule has 0 radical (unpaired) electrons. The third-order valence-electron chi connectivity index (χ3n) is 4.16. The summed E-state index contributed by atoms with van der Waals surface area (Å²) >= 11 is 4.81. The summed E-state index contributed by atoms with van der Waals surface area (Å²) in [6, 6.07) is 4.33. The molecular weight excluding hydrogens is 421 g/mol. The number of benzene rings is 1. The van der Waals surface area contributed by atoms with Gasteiger partial charge in [-0.2, -0.15) is 0 Å². The van der Waals surface area contributed by atoms with Gasteiger partial charge in [0.1, 0.15) is 16.5 Å². The Bertz CT molecular complexity index is 1040. The lowest BCUT2D eigenvalue weighted by atomic mass is 10.2. The van der Waals surface area contributed by atoms with Gasteiger partial charge in [0.15, 0.2) is 0 Å². The van der Waals surface area contributed by atoms with Crippen LogP contribution in [-0.4, -0.2) is 15.9 Å². The van der Waals surface area contributed by atoms with Crippen LogP contribution in [0.2, 0.25) is 0 Å². The first-order valence-corrected chi connectivity index (χ1v) is 9.65. The number of rotatable bonds is 5. The van der Waals surface area contributed by atoms with Gasteiger partial charge in [-0.15, -0.1) is 11.3 Å². The Morgan fingerprint density at radius 3 is 2.92 bits per heavy atom. The summed E-state index contributed by atoms with van der Waals surface area (Å²) in [5.74, 6) is -0.0534. The van der Waals surface area contributed by atoms with Crippen molar-refractivity contribution >= 4 is 43.4 Å². The fourth-order valence-electron chi connectivity index (χ4n) is 2.61. The minimum atomic E-state index is -0.353. The molecule has 0 fully saturated rings. The number of halogens is 2. The van der Waals surface area contributed by atoms with E-state index in [2.05, 4.69) is 31.2 Å². The van der Waals surface area contributed by atoms with E-state index in [0.717, 1.165) is 14.9 Å². The summed E-state index contributed by atoms with van der Waals surface area (Å²) in [7, 11) is 0. The van der Waals surface area contributed by atoms with Crippen LogP contribution >= 0.6 is 27.3 Å². The topological polar surface area (TPSA) is 74.8 Å². The van der Waals surface area contributed by atoms with Crippen LogP contribution in [0.4, 0.5) is 4.39 Å². The summed E-state index contributed by atoms with van der Waals surface area (Å²) < 4.78 is 14.0. The van der Waals surface area contributed by atoms with E-state index in [-0.39, 0.29) is 30.2 Å². The zero-order chi connectivity index (χ0) is 18.8. The standard InChI is InChI=1S/C18H17BrFN3O2S/c1-9-10(2)26-18-16(9)17(25)22-14(23-18)5-6-15(24)21-8-11-7-12(20)3-4-13(11)19/h3-4,7H,5-6,8H2,1-2H3,(H,21,24)(H,22,23,25). The lowest BCUT2D eigenvalue weighted by molar-refractivity contribution is -0.121. The Labute approximate surface area is 161 Å². The molecule has 8 heteroatoms. The Hall–Kier alpha value is -2.06. The number of hydrogen-bond acceptors (Lipinski definition) is 4. The molecule has 5 nitrogen and oxygen atoms in total. The number of aryl methyl sites for hydroxylation is 3. The van der Waals surface area contributed by atoms with Gasteiger partial charge < -0.3 is 10.3 Å². The Morgan fingerprint density at radius 2 is 2.15 bits per heavy atom. The third kappa shape index (κ3) is 4.02. The van der Waals surface area contributed by atoms with Crippen molar-refractivity contribution in [3.8, 4) is 0 Å². The fraction of sp³-hybridized carbons (Fsp3) is 0.278. The number of hydrogen-bond donors (Lipinski definition) is 2. The lowest BCUT2D eigenvalue weighted by Gasteiger charge is -2.07. The number of aromatic amines is 1. The van der Waals surface area contributed by atoms with Gasteiger partial charge in [-0.05, 0) is 43.2 Å². The first-order valence-electron chi connectivity index (χ1n) is 8.04. The van der Waals surface area contributed by atoms with Crippen molar-refractivity contribution in [3.05, 3.63) is 60.7 Å². The number of H-pyrrole nitrogens is 1. The molecule has 3 aromatic rings. The van der Waals surface area contributed by atoms with Crippen molar-refractivity contribution in [1.82, 2.24) is 15.3 Å². The molecule has 26 heavy (non-hydrogen) atoms. The van der Waals surface area contributed by atoms with Gasteiger partial charge in [0.25, 0.3) is 5.56 Å². The van der Waals surface area contributed by atoms with Crippen LogP contribution in [0.15, 0.2) is 27.5 Å². The number of carbonyl (C=O) groups is 1. The van der Waals surface area contributed by atoms with Crippen molar-refractivity contribution in [3.63, 3.8) is 0 Å². The largest absolute Gasteiger partial charge is 0.352 e. The van der Waals surface area contributed by atoms with Crippen LogP contribution in [0, 0.1) is 19.7 Å². The highest BCUT2D eigenvalue weighted by Crippen LogP contribution is 2.25. The van der Waals surface area contributed by atoms with Crippen LogP contribution in [0.5, 0.6) is 0 Å². The van der Waals surface area contributed by atoms with Crippen LogP contribution in [0.3, 0.4) is 0 Å². The predicted octanol–water partition coefficient (Wildman–Crippen LogP) is 3.75. The van der Waals surface area contributed by atoms with E-state index in [0.29, 0.717) is 28.0 Å². The number of nitrogens with one attached hydrogen (secondary N) is 2. The summed E-state index contributed by atoms with van der Waals surface area (Å²) in [6.07, 6.45) is 0.516. The molecule has 0 aliphatic rings. The molecule has 0 saturated carbocycles. The van der Waals surface area contributed by atoms with Crippen molar-refractivity contribution in [1.29, 1.82) is 0 Å². The van der Waals surface area contributed by atoms with Crippen LogP contribution in [0.25, 0.3) is 10.2 Å².